The first kappa shape index (κ1) is 20.8. The van der Waals surface area contributed by atoms with Crippen molar-refractivity contribution in [1.29, 1.82) is 0 Å². The number of para-hydroxylation sites is 2. The molecule has 0 saturated carbocycles. The topological polar surface area (TPSA) is 66.2 Å². The van der Waals surface area contributed by atoms with Crippen molar-refractivity contribution < 1.29 is 9.53 Å². The fourth-order valence-electron chi connectivity index (χ4n) is 3.01. The number of ether oxygens (including phenoxy) is 1. The van der Waals surface area contributed by atoms with E-state index in [2.05, 4.69) is 21.7 Å². The van der Waals surface area contributed by atoms with Gasteiger partial charge in [-0.25, -0.2) is 0 Å². The van der Waals surface area contributed by atoms with Gasteiger partial charge in [0.15, 0.2) is 0 Å². The Bertz CT molecular complexity index is 836. The van der Waals surface area contributed by atoms with E-state index >= 15 is 0 Å². The molecule has 0 radical (unpaired) electrons. The van der Waals surface area contributed by atoms with Crippen molar-refractivity contribution in [1.82, 2.24) is 10.3 Å². The SMILES string of the molecule is CCOC(=O)C(Cc1c[nH]c2ccccc12)NCCNc1ccccc1.Cl. The highest BCUT2D eigenvalue weighted by molar-refractivity contribution is 5.85. The van der Waals surface area contributed by atoms with Gasteiger partial charge < -0.3 is 20.4 Å². The van der Waals surface area contributed by atoms with Crippen LogP contribution in [-0.2, 0) is 16.0 Å². The molecule has 1 heterocycles. The third-order valence-electron chi connectivity index (χ3n) is 4.29. The highest BCUT2D eigenvalue weighted by Gasteiger charge is 2.21. The lowest BCUT2D eigenvalue weighted by molar-refractivity contribution is -0.145. The van der Waals surface area contributed by atoms with Crippen molar-refractivity contribution in [2.45, 2.75) is 19.4 Å². The van der Waals surface area contributed by atoms with E-state index in [1.807, 2.05) is 61.7 Å². The van der Waals surface area contributed by atoms with Gasteiger partial charge in [-0.3, -0.25) is 4.79 Å². The van der Waals surface area contributed by atoms with Gasteiger partial charge in [0.25, 0.3) is 0 Å². The van der Waals surface area contributed by atoms with Crippen molar-refractivity contribution >= 4 is 35.0 Å². The minimum absolute atomic E-state index is 0. The molecule has 3 rings (SSSR count). The van der Waals surface area contributed by atoms with E-state index in [0.717, 1.165) is 28.7 Å². The largest absolute Gasteiger partial charge is 0.465 e. The quantitative estimate of drug-likeness (QED) is 0.386. The summed E-state index contributed by atoms with van der Waals surface area (Å²) in [5.74, 6) is -0.211. The van der Waals surface area contributed by atoms with Gasteiger partial charge in [0.2, 0.25) is 0 Å². The number of H-pyrrole nitrogens is 1. The number of rotatable bonds is 9. The zero-order valence-corrected chi connectivity index (χ0v) is 16.2. The number of aromatic amines is 1. The number of carbonyl (C=O) groups is 1. The minimum Gasteiger partial charge on any atom is -0.465 e. The first-order valence-electron chi connectivity index (χ1n) is 9.02. The number of hydrogen-bond donors (Lipinski definition) is 3. The standard InChI is InChI=1S/C21H25N3O2.ClH/c1-2-26-21(25)20(23-13-12-22-17-8-4-3-5-9-17)14-16-15-24-19-11-7-6-10-18(16)19;/h3-11,15,20,22-24H,2,12-14H2,1H3;1H. The molecule has 27 heavy (non-hydrogen) atoms. The van der Waals surface area contributed by atoms with Crippen LogP contribution in [-0.4, -0.2) is 36.7 Å². The summed E-state index contributed by atoms with van der Waals surface area (Å²) in [7, 11) is 0. The number of hydrogen-bond acceptors (Lipinski definition) is 4. The Hall–Kier alpha value is -2.50. The second kappa shape index (κ2) is 10.6. The predicted molar refractivity (Wildman–Crippen MR) is 113 cm³/mol. The molecule has 1 unspecified atom stereocenters. The van der Waals surface area contributed by atoms with Crippen LogP contribution in [0.15, 0.2) is 60.8 Å². The molecule has 144 valence electrons. The third-order valence-corrected chi connectivity index (χ3v) is 4.29. The van der Waals surface area contributed by atoms with Crippen LogP contribution in [0.5, 0.6) is 0 Å². The lowest BCUT2D eigenvalue weighted by Crippen LogP contribution is -2.42. The molecule has 3 N–H and O–H groups in total. The van der Waals surface area contributed by atoms with Crippen LogP contribution in [0.2, 0.25) is 0 Å². The summed E-state index contributed by atoms with van der Waals surface area (Å²) >= 11 is 0. The summed E-state index contributed by atoms with van der Waals surface area (Å²) in [6, 6.07) is 17.8. The molecule has 5 nitrogen and oxygen atoms in total. The molecular weight excluding hydrogens is 362 g/mol. The molecule has 1 atom stereocenters. The van der Waals surface area contributed by atoms with Crippen LogP contribution in [0.4, 0.5) is 5.69 Å². The minimum atomic E-state index is -0.369. The van der Waals surface area contributed by atoms with E-state index in [0.29, 0.717) is 19.6 Å². The summed E-state index contributed by atoms with van der Waals surface area (Å²) in [4.78, 5) is 15.6. The molecule has 0 aliphatic heterocycles. The molecule has 0 saturated heterocycles. The van der Waals surface area contributed by atoms with E-state index in [1.54, 1.807) is 0 Å². The molecule has 0 spiro atoms. The highest BCUT2D eigenvalue weighted by Crippen LogP contribution is 2.19. The summed E-state index contributed by atoms with van der Waals surface area (Å²) in [5, 5.41) is 7.81. The second-order valence-electron chi connectivity index (χ2n) is 6.12. The van der Waals surface area contributed by atoms with Crippen LogP contribution in [0.3, 0.4) is 0 Å². The molecule has 1 aromatic heterocycles. The summed E-state index contributed by atoms with van der Waals surface area (Å²) in [6.45, 7) is 3.61. The zero-order valence-electron chi connectivity index (χ0n) is 15.4. The number of benzene rings is 2. The Balaban J connectivity index is 0.00000261. The van der Waals surface area contributed by atoms with E-state index in [9.17, 15) is 4.79 Å². The van der Waals surface area contributed by atoms with Crippen LogP contribution >= 0.6 is 12.4 Å². The fourth-order valence-corrected chi connectivity index (χ4v) is 3.01. The number of carbonyl (C=O) groups excluding carboxylic acids is 1. The second-order valence-corrected chi connectivity index (χ2v) is 6.12. The molecule has 0 aliphatic carbocycles. The van der Waals surface area contributed by atoms with Crippen LogP contribution in [0, 0.1) is 0 Å². The van der Waals surface area contributed by atoms with Crippen LogP contribution < -0.4 is 10.6 Å². The van der Waals surface area contributed by atoms with Crippen molar-refractivity contribution in [2.24, 2.45) is 0 Å². The van der Waals surface area contributed by atoms with E-state index in [-0.39, 0.29) is 24.4 Å². The van der Waals surface area contributed by atoms with Crippen molar-refractivity contribution in [3.8, 4) is 0 Å². The van der Waals surface area contributed by atoms with E-state index in [1.165, 1.54) is 0 Å². The van der Waals surface area contributed by atoms with Gasteiger partial charge in [-0.2, -0.15) is 0 Å². The van der Waals surface area contributed by atoms with Gasteiger partial charge >= 0.3 is 5.97 Å². The maximum atomic E-state index is 12.4. The highest BCUT2D eigenvalue weighted by atomic mass is 35.5. The molecule has 0 aliphatic rings. The number of anilines is 1. The van der Waals surface area contributed by atoms with E-state index in [4.69, 9.17) is 4.74 Å². The fraction of sp³-hybridized carbons (Fsp3) is 0.286. The van der Waals surface area contributed by atoms with Gasteiger partial charge in [0, 0.05) is 42.3 Å². The van der Waals surface area contributed by atoms with E-state index < -0.39 is 0 Å². The van der Waals surface area contributed by atoms with Gasteiger partial charge in [-0.1, -0.05) is 36.4 Å². The number of halogens is 1. The molecule has 0 amide bonds. The Morgan fingerprint density at radius 3 is 2.59 bits per heavy atom. The number of fused-ring (bicyclic) bond motifs is 1. The third kappa shape index (κ3) is 5.74. The molecule has 0 bridgehead atoms. The Labute approximate surface area is 165 Å². The maximum Gasteiger partial charge on any atom is 0.323 e. The Morgan fingerprint density at radius 1 is 1.07 bits per heavy atom. The average Bonchev–Trinajstić information content (AvgIpc) is 3.08. The summed E-state index contributed by atoms with van der Waals surface area (Å²) in [6.07, 6.45) is 2.56. The zero-order chi connectivity index (χ0) is 18.2. The van der Waals surface area contributed by atoms with Crippen molar-refractivity contribution in [3.05, 3.63) is 66.4 Å². The first-order valence-corrected chi connectivity index (χ1v) is 9.02. The number of nitrogens with one attached hydrogen (secondary N) is 3. The number of esters is 1. The molecular formula is C21H26ClN3O2. The molecule has 6 heteroatoms. The van der Waals surface area contributed by atoms with Gasteiger partial charge in [-0.15, -0.1) is 12.4 Å². The normalized spacial score (nSPS) is 11.6. The van der Waals surface area contributed by atoms with Crippen molar-refractivity contribution in [3.63, 3.8) is 0 Å². The lowest BCUT2D eigenvalue weighted by atomic mass is 10.0. The van der Waals surface area contributed by atoms with Crippen LogP contribution in [0.1, 0.15) is 12.5 Å². The van der Waals surface area contributed by atoms with Crippen LogP contribution in [0.25, 0.3) is 10.9 Å². The number of aromatic nitrogens is 1. The average molecular weight is 388 g/mol. The lowest BCUT2D eigenvalue weighted by Gasteiger charge is -2.17. The smallest absolute Gasteiger partial charge is 0.323 e. The monoisotopic (exact) mass is 387 g/mol. The van der Waals surface area contributed by atoms with Gasteiger partial charge in [0.05, 0.1) is 6.61 Å². The summed E-state index contributed by atoms with van der Waals surface area (Å²) in [5.41, 5.74) is 3.26. The Kier molecular flexibility index (Phi) is 8.17. The predicted octanol–water partition coefficient (Wildman–Crippen LogP) is 3.77. The maximum absolute atomic E-state index is 12.4. The Morgan fingerprint density at radius 2 is 1.81 bits per heavy atom. The first-order chi connectivity index (χ1) is 12.8. The van der Waals surface area contributed by atoms with Crippen molar-refractivity contribution in [2.75, 3.05) is 25.0 Å². The van der Waals surface area contributed by atoms with Gasteiger partial charge in [0.1, 0.15) is 6.04 Å². The molecule has 3 aromatic rings. The molecule has 2 aromatic carbocycles. The summed E-state index contributed by atoms with van der Waals surface area (Å²) < 4.78 is 5.25. The van der Waals surface area contributed by atoms with Gasteiger partial charge in [-0.05, 0) is 30.7 Å². The molecule has 0 fully saturated rings.